The lowest BCUT2D eigenvalue weighted by atomic mass is 10.2. The molecule has 0 aromatic heterocycles. The van der Waals surface area contributed by atoms with Crippen LogP contribution in [0.15, 0.2) is 4.99 Å². The molecule has 0 aliphatic carbocycles. The minimum Gasteiger partial charge on any atom is -0.372 e. The Morgan fingerprint density at radius 3 is 2.64 bits per heavy atom. The van der Waals surface area contributed by atoms with Gasteiger partial charge in [-0.3, -0.25) is 4.99 Å². The second-order valence-corrected chi connectivity index (χ2v) is 4.15. The largest absolute Gasteiger partial charge is 0.372 e. The highest BCUT2D eigenvalue weighted by molar-refractivity contribution is 5.80. The van der Waals surface area contributed by atoms with Crippen molar-refractivity contribution < 1.29 is 4.74 Å². The first-order valence-corrected chi connectivity index (χ1v) is 5.44. The van der Waals surface area contributed by atoms with Gasteiger partial charge in [0.25, 0.3) is 0 Å². The van der Waals surface area contributed by atoms with E-state index in [9.17, 15) is 0 Å². The van der Waals surface area contributed by atoms with Gasteiger partial charge in [-0.2, -0.15) is 0 Å². The van der Waals surface area contributed by atoms with Gasteiger partial charge in [0.1, 0.15) is 0 Å². The number of hydrogen-bond donors (Lipinski definition) is 1. The van der Waals surface area contributed by atoms with Gasteiger partial charge in [0, 0.05) is 26.2 Å². The highest BCUT2D eigenvalue weighted by atomic mass is 16.5. The first-order chi connectivity index (χ1) is 6.75. The fourth-order valence-corrected chi connectivity index (χ4v) is 2.08. The molecule has 1 fully saturated rings. The molecule has 0 saturated carbocycles. The zero-order chi connectivity index (χ0) is 9.97. The van der Waals surface area contributed by atoms with Crippen LogP contribution >= 0.6 is 0 Å². The summed E-state index contributed by atoms with van der Waals surface area (Å²) in [5.74, 6) is 1.07. The van der Waals surface area contributed by atoms with Gasteiger partial charge in [-0.1, -0.05) is 0 Å². The maximum Gasteiger partial charge on any atom is 0.194 e. The average molecular weight is 197 g/mol. The van der Waals surface area contributed by atoms with E-state index in [1.807, 2.05) is 0 Å². The van der Waals surface area contributed by atoms with Crippen molar-refractivity contribution in [1.82, 2.24) is 10.2 Å². The molecule has 80 valence electrons. The first kappa shape index (κ1) is 9.77. The monoisotopic (exact) mass is 197 g/mol. The molecule has 0 unspecified atom stereocenters. The zero-order valence-corrected chi connectivity index (χ0v) is 8.99. The number of nitrogens with zero attached hydrogens (tertiary/aromatic N) is 2. The van der Waals surface area contributed by atoms with E-state index >= 15 is 0 Å². The minimum atomic E-state index is 0.310. The van der Waals surface area contributed by atoms with E-state index in [1.54, 1.807) is 0 Å². The lowest BCUT2D eigenvalue weighted by molar-refractivity contribution is -0.0491. The van der Waals surface area contributed by atoms with E-state index in [1.165, 1.54) is 0 Å². The predicted octanol–water partition coefficient (Wildman–Crippen LogP) is 0.445. The van der Waals surface area contributed by atoms with Crippen LogP contribution in [-0.2, 0) is 4.74 Å². The molecule has 2 heterocycles. The first-order valence-electron chi connectivity index (χ1n) is 5.44. The van der Waals surface area contributed by atoms with Crippen LogP contribution in [0, 0.1) is 0 Å². The van der Waals surface area contributed by atoms with Crippen molar-refractivity contribution >= 4 is 5.96 Å². The van der Waals surface area contributed by atoms with Crippen LogP contribution in [0.5, 0.6) is 0 Å². The van der Waals surface area contributed by atoms with E-state index in [-0.39, 0.29) is 0 Å². The van der Waals surface area contributed by atoms with Gasteiger partial charge < -0.3 is 15.0 Å². The molecule has 0 aromatic rings. The number of aliphatic imine (C=N–C) groups is 1. The second kappa shape index (κ2) is 4.17. The number of guanidine groups is 1. The smallest absolute Gasteiger partial charge is 0.194 e. The topological polar surface area (TPSA) is 36.9 Å². The predicted molar refractivity (Wildman–Crippen MR) is 56.5 cm³/mol. The summed E-state index contributed by atoms with van der Waals surface area (Å²) in [6.45, 7) is 8.16. The molecule has 0 bridgehead atoms. The Labute approximate surface area is 85.3 Å². The van der Waals surface area contributed by atoms with Gasteiger partial charge in [-0.05, 0) is 20.3 Å². The molecule has 0 amide bonds. The van der Waals surface area contributed by atoms with Crippen molar-refractivity contribution in [3.05, 3.63) is 0 Å². The Morgan fingerprint density at radius 2 is 2.07 bits per heavy atom. The molecule has 0 spiro atoms. The molecular weight excluding hydrogens is 178 g/mol. The lowest BCUT2D eigenvalue weighted by Gasteiger charge is -2.38. The molecule has 1 N–H and O–H groups in total. The van der Waals surface area contributed by atoms with E-state index in [0.29, 0.717) is 12.2 Å². The Hall–Kier alpha value is -0.770. The molecule has 0 radical (unpaired) electrons. The summed E-state index contributed by atoms with van der Waals surface area (Å²) < 4.78 is 5.68. The fourth-order valence-electron chi connectivity index (χ4n) is 2.08. The fraction of sp³-hybridized carbons (Fsp3) is 0.900. The molecule has 0 aromatic carbocycles. The summed E-state index contributed by atoms with van der Waals surface area (Å²) in [6.07, 6.45) is 1.77. The normalized spacial score (nSPS) is 33.6. The van der Waals surface area contributed by atoms with Crippen LogP contribution in [0.1, 0.15) is 20.3 Å². The third-order valence-electron chi connectivity index (χ3n) is 2.60. The van der Waals surface area contributed by atoms with Crippen molar-refractivity contribution in [2.45, 2.75) is 32.5 Å². The Balaban J connectivity index is 1.98. The van der Waals surface area contributed by atoms with Crippen LogP contribution in [0.2, 0.25) is 0 Å². The molecule has 1 saturated heterocycles. The maximum absolute atomic E-state index is 5.68. The van der Waals surface area contributed by atoms with Crippen molar-refractivity contribution in [2.24, 2.45) is 4.99 Å². The van der Waals surface area contributed by atoms with E-state index < -0.39 is 0 Å². The summed E-state index contributed by atoms with van der Waals surface area (Å²) in [7, 11) is 0. The lowest BCUT2D eigenvalue weighted by Crippen LogP contribution is -2.53. The number of ether oxygens (including phenoxy) is 1. The third-order valence-corrected chi connectivity index (χ3v) is 2.60. The molecule has 2 aliphatic rings. The molecular formula is C10H19N3O. The summed E-state index contributed by atoms with van der Waals surface area (Å²) in [5.41, 5.74) is 0. The van der Waals surface area contributed by atoms with Crippen molar-refractivity contribution in [2.75, 3.05) is 26.2 Å². The van der Waals surface area contributed by atoms with Gasteiger partial charge in [-0.25, -0.2) is 0 Å². The Kier molecular flexibility index (Phi) is 2.91. The summed E-state index contributed by atoms with van der Waals surface area (Å²) in [5, 5.41) is 3.35. The van der Waals surface area contributed by atoms with Crippen LogP contribution in [0.3, 0.4) is 0 Å². The quantitative estimate of drug-likeness (QED) is 0.612. The highest BCUT2D eigenvalue weighted by Crippen LogP contribution is 2.11. The zero-order valence-electron chi connectivity index (χ0n) is 8.99. The SMILES string of the molecule is C[C@@H]1CN(C2=NCCCN2)C[C@H](C)O1. The van der Waals surface area contributed by atoms with E-state index in [2.05, 4.69) is 29.1 Å². The molecule has 4 heteroatoms. The van der Waals surface area contributed by atoms with Gasteiger partial charge in [-0.15, -0.1) is 0 Å². The third kappa shape index (κ3) is 2.18. The van der Waals surface area contributed by atoms with Crippen molar-refractivity contribution in [1.29, 1.82) is 0 Å². The summed E-state index contributed by atoms with van der Waals surface area (Å²) in [4.78, 5) is 6.80. The molecule has 2 atom stereocenters. The highest BCUT2D eigenvalue weighted by Gasteiger charge is 2.24. The molecule has 2 aliphatic heterocycles. The Morgan fingerprint density at radius 1 is 1.36 bits per heavy atom. The number of morpholine rings is 1. The second-order valence-electron chi connectivity index (χ2n) is 4.15. The van der Waals surface area contributed by atoms with Crippen molar-refractivity contribution in [3.8, 4) is 0 Å². The molecule has 14 heavy (non-hydrogen) atoms. The van der Waals surface area contributed by atoms with Crippen LogP contribution in [-0.4, -0.2) is 49.2 Å². The van der Waals surface area contributed by atoms with Gasteiger partial charge in [0.2, 0.25) is 0 Å². The van der Waals surface area contributed by atoms with Gasteiger partial charge in [0.05, 0.1) is 12.2 Å². The van der Waals surface area contributed by atoms with E-state index in [4.69, 9.17) is 4.74 Å². The van der Waals surface area contributed by atoms with Crippen LogP contribution < -0.4 is 5.32 Å². The van der Waals surface area contributed by atoms with Crippen LogP contribution in [0.4, 0.5) is 0 Å². The molecule has 4 nitrogen and oxygen atoms in total. The average Bonchev–Trinajstić information content (AvgIpc) is 2.18. The number of hydrogen-bond acceptors (Lipinski definition) is 4. The van der Waals surface area contributed by atoms with Crippen molar-refractivity contribution in [3.63, 3.8) is 0 Å². The number of rotatable bonds is 0. The van der Waals surface area contributed by atoms with Gasteiger partial charge >= 0.3 is 0 Å². The minimum absolute atomic E-state index is 0.310. The van der Waals surface area contributed by atoms with Crippen LogP contribution in [0.25, 0.3) is 0 Å². The summed E-state index contributed by atoms with van der Waals surface area (Å²) in [6, 6.07) is 0. The summed E-state index contributed by atoms with van der Waals surface area (Å²) >= 11 is 0. The Bertz CT molecular complexity index is 219. The van der Waals surface area contributed by atoms with Gasteiger partial charge in [0.15, 0.2) is 5.96 Å². The molecule has 2 rings (SSSR count). The van der Waals surface area contributed by atoms with E-state index in [0.717, 1.165) is 38.6 Å². The maximum atomic E-state index is 5.68. The standard InChI is InChI=1S/C10H19N3O/c1-8-6-13(7-9(2)14-8)10-11-4-3-5-12-10/h8-9H,3-7H2,1-2H3,(H,11,12)/t8-,9+. The number of nitrogens with one attached hydrogen (secondary N) is 1.